The minimum Gasteiger partial charge on any atom is -0.464 e. The molecule has 1 heterocycles. The lowest BCUT2D eigenvalue weighted by Crippen LogP contribution is -2.10. The molecule has 0 saturated carbocycles. The highest BCUT2D eigenvalue weighted by molar-refractivity contribution is 7.83. The molecule has 1 unspecified atom stereocenters. The van der Waals surface area contributed by atoms with Crippen LogP contribution in [-0.4, -0.2) is 10.8 Å². The van der Waals surface area contributed by atoms with Gasteiger partial charge in [-0.05, 0) is 24.2 Å². The quantitative estimate of drug-likeness (QED) is 0.846. The lowest BCUT2D eigenvalue weighted by Gasteiger charge is -2.01. The number of hydrogen-bond donors (Lipinski definition) is 1. The molecule has 0 aliphatic carbocycles. The van der Waals surface area contributed by atoms with Gasteiger partial charge in [0.05, 0.1) is 12.3 Å². The molecule has 0 fully saturated rings. The molecule has 0 saturated heterocycles. The molecule has 1 N–H and O–H groups in total. The lowest BCUT2D eigenvalue weighted by atomic mass is 10.2. The van der Waals surface area contributed by atoms with Crippen LogP contribution in [0.3, 0.4) is 0 Å². The Bertz CT molecular complexity index is 522. The summed E-state index contributed by atoms with van der Waals surface area (Å²) in [6.07, 6.45) is 0. The van der Waals surface area contributed by atoms with Gasteiger partial charge in [-0.1, -0.05) is 37.3 Å². The van der Waals surface area contributed by atoms with E-state index in [2.05, 4.69) is 12.2 Å². The van der Waals surface area contributed by atoms with Gasteiger partial charge in [0.1, 0.15) is 11.5 Å². The second-order valence-corrected chi connectivity index (χ2v) is 5.82. The summed E-state index contributed by atoms with van der Waals surface area (Å²) < 4.78 is 17.7. The van der Waals surface area contributed by atoms with Gasteiger partial charge in [-0.3, -0.25) is 4.21 Å². The number of benzene rings is 1. The first kappa shape index (κ1) is 14.0. The maximum absolute atomic E-state index is 12.0. The monoisotopic (exact) mass is 277 g/mol. The van der Waals surface area contributed by atoms with E-state index in [-0.39, 0.29) is 0 Å². The van der Waals surface area contributed by atoms with Crippen LogP contribution in [0.2, 0.25) is 0 Å². The number of hydrogen-bond acceptors (Lipinski definition) is 3. The average molecular weight is 277 g/mol. The molecule has 4 heteroatoms. The van der Waals surface area contributed by atoms with Crippen molar-refractivity contribution < 1.29 is 8.63 Å². The molecule has 0 aliphatic rings. The van der Waals surface area contributed by atoms with E-state index in [0.29, 0.717) is 11.5 Å². The van der Waals surface area contributed by atoms with Gasteiger partial charge in [-0.2, -0.15) is 0 Å². The molecule has 0 spiro atoms. The fourth-order valence-electron chi connectivity index (χ4n) is 1.81. The highest BCUT2D eigenvalue weighted by Gasteiger charge is 2.07. The standard InChI is InChI=1S/C15H19NO2S/c1-2-16-10-14-8-9-15(18-14)12-19(17)11-13-6-4-3-5-7-13/h3-9,16H,2,10-12H2,1H3. The van der Waals surface area contributed by atoms with Gasteiger partial charge < -0.3 is 9.73 Å². The van der Waals surface area contributed by atoms with Crippen molar-refractivity contribution >= 4 is 10.8 Å². The van der Waals surface area contributed by atoms with Crippen molar-refractivity contribution in [1.82, 2.24) is 5.32 Å². The van der Waals surface area contributed by atoms with Crippen LogP contribution in [0.5, 0.6) is 0 Å². The summed E-state index contributed by atoms with van der Waals surface area (Å²) in [6.45, 7) is 3.69. The van der Waals surface area contributed by atoms with E-state index in [0.717, 1.165) is 30.2 Å². The van der Waals surface area contributed by atoms with Gasteiger partial charge in [-0.25, -0.2) is 0 Å². The molecule has 0 aliphatic heterocycles. The molecule has 19 heavy (non-hydrogen) atoms. The second-order valence-electron chi connectivity index (χ2n) is 4.36. The van der Waals surface area contributed by atoms with E-state index in [9.17, 15) is 4.21 Å². The zero-order chi connectivity index (χ0) is 13.5. The van der Waals surface area contributed by atoms with E-state index in [1.165, 1.54) is 0 Å². The fraction of sp³-hybridized carbons (Fsp3) is 0.333. The van der Waals surface area contributed by atoms with E-state index >= 15 is 0 Å². The first-order chi connectivity index (χ1) is 9.28. The molecule has 1 aromatic heterocycles. The Hall–Kier alpha value is -1.39. The van der Waals surface area contributed by atoms with Gasteiger partial charge in [0.2, 0.25) is 0 Å². The lowest BCUT2D eigenvalue weighted by molar-refractivity contribution is 0.461. The third-order valence-electron chi connectivity index (χ3n) is 2.74. The summed E-state index contributed by atoms with van der Waals surface area (Å²) >= 11 is 0. The minimum absolute atomic E-state index is 0.473. The van der Waals surface area contributed by atoms with Gasteiger partial charge in [0.15, 0.2) is 0 Å². The highest BCUT2D eigenvalue weighted by atomic mass is 32.2. The molecular weight excluding hydrogens is 258 g/mol. The molecule has 0 amide bonds. The molecule has 2 aromatic rings. The van der Waals surface area contributed by atoms with Crippen molar-refractivity contribution in [2.75, 3.05) is 6.54 Å². The first-order valence-corrected chi connectivity index (χ1v) is 7.94. The topological polar surface area (TPSA) is 42.2 Å². The van der Waals surface area contributed by atoms with Crippen LogP contribution in [0.25, 0.3) is 0 Å². The number of rotatable bonds is 7. The van der Waals surface area contributed by atoms with Gasteiger partial charge in [0.25, 0.3) is 0 Å². The molecule has 3 nitrogen and oxygen atoms in total. The second kappa shape index (κ2) is 7.26. The van der Waals surface area contributed by atoms with Gasteiger partial charge >= 0.3 is 0 Å². The summed E-state index contributed by atoms with van der Waals surface area (Å²) in [5.41, 5.74) is 1.10. The Morgan fingerprint density at radius 3 is 2.53 bits per heavy atom. The summed E-state index contributed by atoms with van der Waals surface area (Å²) in [6, 6.07) is 13.7. The van der Waals surface area contributed by atoms with E-state index in [1.807, 2.05) is 42.5 Å². The van der Waals surface area contributed by atoms with E-state index in [1.54, 1.807) is 0 Å². The molecule has 1 aromatic carbocycles. The molecule has 2 rings (SSSR count). The van der Waals surface area contributed by atoms with Crippen LogP contribution in [0.15, 0.2) is 46.9 Å². The fourth-order valence-corrected chi connectivity index (χ4v) is 2.95. The highest BCUT2D eigenvalue weighted by Crippen LogP contribution is 2.12. The molecule has 1 atom stereocenters. The maximum Gasteiger partial charge on any atom is 0.118 e. The van der Waals surface area contributed by atoms with Crippen molar-refractivity contribution in [2.24, 2.45) is 0 Å². The summed E-state index contributed by atoms with van der Waals surface area (Å²) in [5, 5.41) is 3.20. The smallest absolute Gasteiger partial charge is 0.118 e. The molecule has 0 radical (unpaired) electrons. The van der Waals surface area contributed by atoms with Crippen molar-refractivity contribution in [3.05, 3.63) is 59.5 Å². The minimum atomic E-state index is -0.929. The van der Waals surface area contributed by atoms with Crippen LogP contribution in [0.1, 0.15) is 24.0 Å². The summed E-state index contributed by atoms with van der Waals surface area (Å²) in [5.74, 6) is 2.74. The summed E-state index contributed by atoms with van der Waals surface area (Å²) in [4.78, 5) is 0. The molecular formula is C15H19NO2S. The van der Waals surface area contributed by atoms with Crippen molar-refractivity contribution in [3.8, 4) is 0 Å². The Labute approximate surface area is 116 Å². The van der Waals surface area contributed by atoms with Gasteiger partial charge in [-0.15, -0.1) is 0 Å². The van der Waals surface area contributed by atoms with E-state index < -0.39 is 10.8 Å². The Morgan fingerprint density at radius 1 is 1.05 bits per heavy atom. The normalized spacial score (nSPS) is 12.5. The largest absolute Gasteiger partial charge is 0.464 e. The third kappa shape index (κ3) is 4.65. The third-order valence-corrected chi connectivity index (χ3v) is 4.00. The average Bonchev–Trinajstić information content (AvgIpc) is 2.85. The van der Waals surface area contributed by atoms with Crippen LogP contribution in [0, 0.1) is 0 Å². The Balaban J connectivity index is 1.86. The maximum atomic E-state index is 12.0. The first-order valence-electron chi connectivity index (χ1n) is 6.45. The van der Waals surface area contributed by atoms with Crippen LogP contribution in [0.4, 0.5) is 0 Å². The number of nitrogens with one attached hydrogen (secondary N) is 1. The molecule has 102 valence electrons. The predicted molar refractivity (Wildman–Crippen MR) is 78.1 cm³/mol. The predicted octanol–water partition coefficient (Wildman–Crippen LogP) is 2.84. The summed E-state index contributed by atoms with van der Waals surface area (Å²) in [7, 11) is -0.929. The van der Waals surface area contributed by atoms with Crippen molar-refractivity contribution in [3.63, 3.8) is 0 Å². The Morgan fingerprint density at radius 2 is 1.79 bits per heavy atom. The SMILES string of the molecule is CCNCc1ccc(CS(=O)Cc2ccccc2)o1. The Kier molecular flexibility index (Phi) is 5.36. The van der Waals surface area contributed by atoms with Crippen LogP contribution < -0.4 is 5.32 Å². The van der Waals surface area contributed by atoms with Crippen molar-refractivity contribution in [2.45, 2.75) is 25.0 Å². The van der Waals surface area contributed by atoms with Gasteiger partial charge in [0, 0.05) is 16.6 Å². The van der Waals surface area contributed by atoms with Crippen molar-refractivity contribution in [1.29, 1.82) is 0 Å². The van der Waals surface area contributed by atoms with Crippen LogP contribution in [-0.2, 0) is 28.9 Å². The van der Waals surface area contributed by atoms with Crippen LogP contribution >= 0.6 is 0 Å². The zero-order valence-electron chi connectivity index (χ0n) is 11.1. The number of furan rings is 1. The zero-order valence-corrected chi connectivity index (χ0v) is 11.9. The molecule has 0 bridgehead atoms. The van der Waals surface area contributed by atoms with E-state index in [4.69, 9.17) is 4.42 Å².